The minimum atomic E-state index is -0.123. The molecule has 4 nitrogen and oxygen atoms in total. The summed E-state index contributed by atoms with van der Waals surface area (Å²) in [5, 5.41) is 1.12. The Morgan fingerprint density at radius 3 is 2.58 bits per heavy atom. The van der Waals surface area contributed by atoms with Crippen molar-refractivity contribution in [3.63, 3.8) is 0 Å². The van der Waals surface area contributed by atoms with Gasteiger partial charge in [0.2, 0.25) is 5.78 Å². The van der Waals surface area contributed by atoms with E-state index in [1.807, 2.05) is 36.5 Å². The van der Waals surface area contributed by atoms with Crippen molar-refractivity contribution in [2.45, 2.75) is 57.4 Å². The number of rotatable bonds is 8. The van der Waals surface area contributed by atoms with Gasteiger partial charge in [-0.1, -0.05) is 67.6 Å². The highest BCUT2D eigenvalue weighted by Crippen LogP contribution is 2.44. The largest absolute Gasteiger partial charge is 0.496 e. The molecule has 1 aliphatic carbocycles. The Morgan fingerprint density at radius 2 is 1.88 bits per heavy atom. The third-order valence-electron chi connectivity index (χ3n) is 6.90. The summed E-state index contributed by atoms with van der Waals surface area (Å²) >= 11 is 12.6. The second-order valence-electron chi connectivity index (χ2n) is 8.76. The van der Waals surface area contributed by atoms with Crippen LogP contribution in [0.2, 0.25) is 10.0 Å². The first-order chi connectivity index (χ1) is 16.0. The monoisotopic (exact) mass is 484 g/mol. The number of hydrogen-bond acceptors (Lipinski definition) is 3. The first-order valence-corrected chi connectivity index (χ1v) is 12.5. The number of benzene rings is 2. The van der Waals surface area contributed by atoms with Gasteiger partial charge in [0.1, 0.15) is 5.75 Å². The molecule has 4 rings (SSSR count). The lowest BCUT2D eigenvalue weighted by atomic mass is 9.75. The quantitative estimate of drug-likeness (QED) is 0.307. The molecule has 0 N–H and O–H groups in total. The summed E-state index contributed by atoms with van der Waals surface area (Å²) in [4.78, 5) is 18.2. The van der Waals surface area contributed by atoms with Crippen LogP contribution in [0.5, 0.6) is 5.75 Å². The highest BCUT2D eigenvalue weighted by Gasteiger charge is 2.35. The molecule has 3 aromatic rings. The van der Waals surface area contributed by atoms with E-state index in [2.05, 4.69) is 22.5 Å². The summed E-state index contributed by atoms with van der Waals surface area (Å²) in [7, 11) is 1.58. The molecule has 0 amide bonds. The molecule has 0 bridgehead atoms. The van der Waals surface area contributed by atoms with Crippen LogP contribution >= 0.6 is 23.2 Å². The van der Waals surface area contributed by atoms with E-state index in [-0.39, 0.29) is 17.7 Å². The Labute approximate surface area is 205 Å². The molecular weight excluding hydrogens is 455 g/mol. The van der Waals surface area contributed by atoms with E-state index in [4.69, 9.17) is 27.9 Å². The fourth-order valence-corrected chi connectivity index (χ4v) is 5.63. The molecular formula is C27H30Cl2N2O2. The van der Waals surface area contributed by atoms with E-state index < -0.39 is 0 Å². The number of ether oxygens (including phenoxy) is 1. The van der Waals surface area contributed by atoms with Crippen molar-refractivity contribution in [1.82, 2.24) is 9.55 Å². The van der Waals surface area contributed by atoms with Crippen LogP contribution in [0.4, 0.5) is 0 Å². The Hall–Kier alpha value is -2.30. The zero-order valence-electron chi connectivity index (χ0n) is 19.1. The van der Waals surface area contributed by atoms with Crippen molar-refractivity contribution in [1.29, 1.82) is 0 Å². The van der Waals surface area contributed by atoms with E-state index in [0.717, 1.165) is 24.8 Å². The van der Waals surface area contributed by atoms with Crippen molar-refractivity contribution in [2.75, 3.05) is 7.11 Å². The van der Waals surface area contributed by atoms with Gasteiger partial charge in [-0.2, -0.15) is 0 Å². The highest BCUT2D eigenvalue weighted by molar-refractivity contribution is 6.42. The number of ketones is 1. The van der Waals surface area contributed by atoms with Crippen molar-refractivity contribution in [3.8, 4) is 5.75 Å². The first kappa shape index (κ1) is 23.8. The number of aromatic nitrogens is 2. The first-order valence-electron chi connectivity index (χ1n) is 11.7. The second kappa shape index (κ2) is 10.8. The predicted molar refractivity (Wildman–Crippen MR) is 134 cm³/mol. The second-order valence-corrected chi connectivity index (χ2v) is 9.58. The molecule has 6 heteroatoms. The molecule has 0 spiro atoms. The average Bonchev–Trinajstić information content (AvgIpc) is 3.33. The maximum absolute atomic E-state index is 13.6. The fourth-order valence-electron chi connectivity index (χ4n) is 5.32. The van der Waals surface area contributed by atoms with Crippen LogP contribution in [0.3, 0.4) is 0 Å². The van der Waals surface area contributed by atoms with Crippen molar-refractivity contribution in [3.05, 3.63) is 81.9 Å². The zero-order valence-corrected chi connectivity index (χ0v) is 20.6. The number of carbonyl (C=O) groups is 1. The number of hydrogen-bond donors (Lipinski definition) is 0. The van der Waals surface area contributed by atoms with E-state index in [1.54, 1.807) is 19.4 Å². The van der Waals surface area contributed by atoms with Gasteiger partial charge in [-0.05, 0) is 55.0 Å². The number of imidazole rings is 1. The van der Waals surface area contributed by atoms with Gasteiger partial charge in [0.25, 0.3) is 0 Å². The Balaban J connectivity index is 1.80. The molecule has 0 radical (unpaired) electrons. The molecule has 1 aliphatic rings. The van der Waals surface area contributed by atoms with Crippen LogP contribution in [0, 0.1) is 5.92 Å². The molecule has 174 valence electrons. The van der Waals surface area contributed by atoms with Gasteiger partial charge in [0.05, 0.1) is 22.7 Å². The Bertz CT molecular complexity index is 1110. The molecule has 0 aliphatic heterocycles. The normalized spacial score (nSPS) is 16.4. The van der Waals surface area contributed by atoms with Crippen LogP contribution in [0.1, 0.15) is 79.2 Å². The highest BCUT2D eigenvalue weighted by atomic mass is 35.5. The third kappa shape index (κ3) is 4.97. The van der Waals surface area contributed by atoms with Crippen LogP contribution in [0.15, 0.2) is 54.9 Å². The lowest BCUT2D eigenvalue weighted by molar-refractivity contribution is 0.101. The maximum Gasteiger partial charge on any atom is 0.232 e. The smallest absolute Gasteiger partial charge is 0.232 e. The summed E-state index contributed by atoms with van der Waals surface area (Å²) in [6, 6.07) is 13.3. The predicted octanol–water partition coefficient (Wildman–Crippen LogP) is 7.74. The minimum absolute atomic E-state index is 0.101. The maximum atomic E-state index is 13.6. The van der Waals surface area contributed by atoms with Gasteiger partial charge in [0, 0.05) is 24.4 Å². The lowest BCUT2D eigenvalue weighted by Crippen LogP contribution is -2.29. The summed E-state index contributed by atoms with van der Waals surface area (Å²) < 4.78 is 7.57. The van der Waals surface area contributed by atoms with Gasteiger partial charge in [-0.25, -0.2) is 4.98 Å². The van der Waals surface area contributed by atoms with E-state index in [0.29, 0.717) is 33.1 Å². The molecule has 2 unspecified atom stereocenters. The molecule has 2 aromatic carbocycles. The number of nitrogens with zero attached hydrogens (tertiary/aromatic N) is 2. The number of halogens is 2. The standard InChI is InChI=1S/C27H30Cl2N2O2/c1-3-20(19-13-14-22(28)23(29)17-19)25(18-9-5-4-6-10-18)31-16-15-30-27(31)26(32)21-11-7-8-12-24(21)33-2/h7-8,11-18,20,25H,3-6,9-10H2,1-2H3. The van der Waals surface area contributed by atoms with Crippen LogP contribution in [0.25, 0.3) is 0 Å². The van der Waals surface area contributed by atoms with Gasteiger partial charge >= 0.3 is 0 Å². The number of para-hydroxylation sites is 1. The third-order valence-corrected chi connectivity index (χ3v) is 7.64. The fraction of sp³-hybridized carbons (Fsp3) is 0.407. The summed E-state index contributed by atoms with van der Waals surface area (Å²) in [6.45, 7) is 2.20. The van der Waals surface area contributed by atoms with Crippen molar-refractivity contribution >= 4 is 29.0 Å². The summed E-state index contributed by atoms with van der Waals surface area (Å²) in [6.07, 6.45) is 10.6. The van der Waals surface area contributed by atoms with E-state index >= 15 is 0 Å². The van der Waals surface area contributed by atoms with Crippen LogP contribution in [-0.2, 0) is 0 Å². The van der Waals surface area contributed by atoms with Crippen LogP contribution in [-0.4, -0.2) is 22.4 Å². The SMILES string of the molecule is CCC(c1ccc(Cl)c(Cl)c1)C(C1CCCCC1)n1ccnc1C(=O)c1ccccc1OC. The zero-order chi connectivity index (χ0) is 23.4. The lowest BCUT2D eigenvalue weighted by Gasteiger charge is -2.37. The topological polar surface area (TPSA) is 44.1 Å². The molecule has 1 fully saturated rings. The van der Waals surface area contributed by atoms with E-state index in [1.165, 1.54) is 19.3 Å². The molecule has 1 saturated carbocycles. The number of carbonyl (C=O) groups excluding carboxylic acids is 1. The van der Waals surface area contributed by atoms with E-state index in [9.17, 15) is 4.79 Å². The van der Waals surface area contributed by atoms with Gasteiger partial charge in [0.15, 0.2) is 5.82 Å². The molecule has 2 atom stereocenters. The van der Waals surface area contributed by atoms with Gasteiger partial charge < -0.3 is 9.30 Å². The summed E-state index contributed by atoms with van der Waals surface area (Å²) in [5.74, 6) is 1.52. The minimum Gasteiger partial charge on any atom is -0.496 e. The van der Waals surface area contributed by atoms with Crippen LogP contribution < -0.4 is 4.74 Å². The number of methoxy groups -OCH3 is 1. The Kier molecular flexibility index (Phi) is 7.77. The summed E-state index contributed by atoms with van der Waals surface area (Å²) in [5.41, 5.74) is 1.67. The molecule has 33 heavy (non-hydrogen) atoms. The van der Waals surface area contributed by atoms with Gasteiger partial charge in [-0.15, -0.1) is 0 Å². The Morgan fingerprint density at radius 1 is 1.12 bits per heavy atom. The van der Waals surface area contributed by atoms with Gasteiger partial charge in [-0.3, -0.25) is 4.79 Å². The average molecular weight is 485 g/mol. The molecule has 1 heterocycles. The molecule has 0 saturated heterocycles. The van der Waals surface area contributed by atoms with Crippen molar-refractivity contribution in [2.24, 2.45) is 5.92 Å². The molecule has 1 aromatic heterocycles. The van der Waals surface area contributed by atoms with Crippen molar-refractivity contribution < 1.29 is 9.53 Å².